The minimum absolute atomic E-state index is 0.120. The Hall–Kier alpha value is -3.22. The monoisotopic (exact) mass is 366 g/mol. The Kier molecular flexibility index (Phi) is 5.80. The molecule has 0 spiro atoms. The zero-order valence-electron chi connectivity index (χ0n) is 15.7. The van der Waals surface area contributed by atoms with Crippen LogP contribution >= 0.6 is 0 Å². The van der Waals surface area contributed by atoms with Crippen LogP contribution in [0.5, 0.6) is 5.75 Å². The number of amides is 1. The predicted octanol–water partition coefficient (Wildman–Crippen LogP) is 3.72. The van der Waals surface area contributed by atoms with E-state index in [0.717, 1.165) is 17.7 Å². The van der Waals surface area contributed by atoms with Gasteiger partial charge in [-0.25, -0.2) is 4.98 Å². The van der Waals surface area contributed by atoms with Crippen LogP contribution in [0.2, 0.25) is 0 Å². The first-order valence-electron chi connectivity index (χ1n) is 8.85. The van der Waals surface area contributed by atoms with E-state index in [1.165, 1.54) is 0 Å². The zero-order chi connectivity index (χ0) is 19.2. The minimum Gasteiger partial charge on any atom is -0.484 e. The van der Waals surface area contributed by atoms with Gasteiger partial charge in [-0.2, -0.15) is 4.98 Å². The molecular weight excluding hydrogens is 344 g/mol. The van der Waals surface area contributed by atoms with Gasteiger partial charge in [0.05, 0.1) is 5.56 Å². The molecule has 140 valence electrons. The molecule has 0 unspecified atom stereocenters. The first-order valence-corrected chi connectivity index (χ1v) is 8.85. The fraction of sp³-hybridized carbons (Fsp3) is 0.300. The fourth-order valence-electron chi connectivity index (χ4n) is 2.72. The molecule has 0 aliphatic carbocycles. The van der Waals surface area contributed by atoms with Crippen LogP contribution in [-0.4, -0.2) is 27.6 Å². The summed E-state index contributed by atoms with van der Waals surface area (Å²) in [5, 5.41) is 6.85. The lowest BCUT2D eigenvalue weighted by molar-refractivity contribution is -0.118. The van der Waals surface area contributed by atoms with E-state index in [0.29, 0.717) is 35.3 Å². The second kappa shape index (κ2) is 8.44. The van der Waals surface area contributed by atoms with Gasteiger partial charge in [0, 0.05) is 12.1 Å². The number of carbonyl (C=O) groups excluding carboxylic acids is 1. The van der Waals surface area contributed by atoms with Gasteiger partial charge in [0.25, 0.3) is 5.91 Å². The number of aryl methyl sites for hydroxylation is 3. The number of pyridine rings is 1. The lowest BCUT2D eigenvalue weighted by Crippen LogP contribution is -2.21. The predicted molar refractivity (Wildman–Crippen MR) is 102 cm³/mol. The van der Waals surface area contributed by atoms with Crippen LogP contribution in [0, 0.1) is 13.8 Å². The largest absolute Gasteiger partial charge is 0.484 e. The van der Waals surface area contributed by atoms with Gasteiger partial charge in [-0.1, -0.05) is 30.3 Å². The number of hydrogen-bond donors (Lipinski definition) is 1. The maximum absolute atomic E-state index is 12.4. The Morgan fingerprint density at radius 1 is 1.19 bits per heavy atom. The van der Waals surface area contributed by atoms with E-state index >= 15 is 0 Å². The van der Waals surface area contributed by atoms with Crippen molar-refractivity contribution in [2.24, 2.45) is 0 Å². The van der Waals surface area contributed by atoms with Gasteiger partial charge < -0.3 is 14.6 Å². The van der Waals surface area contributed by atoms with E-state index in [1.807, 2.05) is 45.0 Å². The molecular formula is C20H22N4O3. The van der Waals surface area contributed by atoms with Crippen LogP contribution < -0.4 is 10.1 Å². The number of anilines is 1. The summed E-state index contributed by atoms with van der Waals surface area (Å²) in [7, 11) is 0. The third kappa shape index (κ3) is 4.69. The van der Waals surface area contributed by atoms with Gasteiger partial charge in [0.15, 0.2) is 6.61 Å². The van der Waals surface area contributed by atoms with E-state index in [2.05, 4.69) is 20.4 Å². The first-order chi connectivity index (χ1) is 13.1. The molecule has 1 aromatic carbocycles. The average molecular weight is 366 g/mol. The number of benzene rings is 1. The van der Waals surface area contributed by atoms with Crippen LogP contribution in [0.4, 0.5) is 5.82 Å². The highest BCUT2D eigenvalue weighted by Crippen LogP contribution is 2.28. The molecule has 0 atom stereocenters. The lowest BCUT2D eigenvalue weighted by atomic mass is 10.1. The number of carbonyl (C=O) groups is 1. The van der Waals surface area contributed by atoms with Crippen LogP contribution in [0.3, 0.4) is 0 Å². The standard InChI is InChI=1S/C20H22N4O3/c1-4-8-17-23-20(24-27-17)18-13(2)11-14(3)21-19(18)22-16(25)12-26-15-9-6-5-7-10-15/h5-7,9-11H,4,8,12H2,1-3H3,(H,21,22,25). The van der Waals surface area contributed by atoms with Crippen molar-refractivity contribution in [3.05, 3.63) is 53.5 Å². The fourth-order valence-corrected chi connectivity index (χ4v) is 2.72. The molecule has 7 nitrogen and oxygen atoms in total. The normalized spacial score (nSPS) is 10.6. The molecule has 1 N–H and O–H groups in total. The minimum atomic E-state index is -0.310. The third-order valence-corrected chi connectivity index (χ3v) is 3.87. The summed E-state index contributed by atoms with van der Waals surface area (Å²) in [6.07, 6.45) is 1.62. The molecule has 0 aliphatic rings. The molecule has 7 heteroatoms. The summed E-state index contributed by atoms with van der Waals surface area (Å²) in [5.41, 5.74) is 2.35. The molecule has 2 heterocycles. The molecule has 3 aromatic rings. The van der Waals surface area contributed by atoms with Crippen molar-refractivity contribution in [1.82, 2.24) is 15.1 Å². The van der Waals surface area contributed by atoms with Crippen LogP contribution in [0.25, 0.3) is 11.4 Å². The number of para-hydroxylation sites is 1. The summed E-state index contributed by atoms with van der Waals surface area (Å²) in [5.74, 6) is 1.71. The van der Waals surface area contributed by atoms with Crippen LogP contribution in [0.15, 0.2) is 40.9 Å². The maximum Gasteiger partial charge on any atom is 0.263 e. The van der Waals surface area contributed by atoms with Gasteiger partial charge >= 0.3 is 0 Å². The van der Waals surface area contributed by atoms with Gasteiger partial charge in [0.1, 0.15) is 11.6 Å². The second-order valence-corrected chi connectivity index (χ2v) is 6.22. The lowest BCUT2D eigenvalue weighted by Gasteiger charge is -2.12. The SMILES string of the molecule is CCCc1nc(-c2c(C)cc(C)nc2NC(=O)COc2ccccc2)no1. The number of rotatable bonds is 7. The molecule has 2 aromatic heterocycles. The number of nitrogens with one attached hydrogen (secondary N) is 1. The smallest absolute Gasteiger partial charge is 0.263 e. The number of hydrogen-bond acceptors (Lipinski definition) is 6. The first kappa shape index (κ1) is 18.6. The van der Waals surface area contributed by atoms with Crippen molar-refractivity contribution in [3.63, 3.8) is 0 Å². The molecule has 3 rings (SSSR count). The van der Waals surface area contributed by atoms with Gasteiger partial charge in [-0.15, -0.1) is 0 Å². The molecule has 0 bridgehead atoms. The number of ether oxygens (including phenoxy) is 1. The van der Waals surface area contributed by atoms with Crippen molar-refractivity contribution in [2.45, 2.75) is 33.6 Å². The van der Waals surface area contributed by atoms with Gasteiger partial charge in [-0.3, -0.25) is 4.79 Å². The highest BCUT2D eigenvalue weighted by atomic mass is 16.5. The van der Waals surface area contributed by atoms with Crippen molar-refractivity contribution in [1.29, 1.82) is 0 Å². The quantitative estimate of drug-likeness (QED) is 0.685. The molecule has 0 saturated heterocycles. The Morgan fingerprint density at radius 3 is 2.70 bits per heavy atom. The molecule has 1 amide bonds. The summed E-state index contributed by atoms with van der Waals surface area (Å²) >= 11 is 0. The van der Waals surface area contributed by atoms with E-state index in [4.69, 9.17) is 9.26 Å². The van der Waals surface area contributed by atoms with Crippen LogP contribution in [-0.2, 0) is 11.2 Å². The highest BCUT2D eigenvalue weighted by Gasteiger charge is 2.19. The summed E-state index contributed by atoms with van der Waals surface area (Å²) in [4.78, 5) is 21.2. The second-order valence-electron chi connectivity index (χ2n) is 6.22. The molecule has 27 heavy (non-hydrogen) atoms. The summed E-state index contributed by atoms with van der Waals surface area (Å²) in [6, 6.07) is 11.1. The summed E-state index contributed by atoms with van der Waals surface area (Å²) < 4.78 is 10.8. The summed E-state index contributed by atoms with van der Waals surface area (Å²) in [6.45, 7) is 5.72. The highest BCUT2D eigenvalue weighted by molar-refractivity contribution is 5.94. The molecule has 0 saturated carbocycles. The van der Waals surface area contributed by atoms with Gasteiger partial charge in [0.2, 0.25) is 11.7 Å². The van der Waals surface area contributed by atoms with E-state index in [1.54, 1.807) is 12.1 Å². The Morgan fingerprint density at radius 2 is 1.96 bits per heavy atom. The number of nitrogens with zero attached hydrogens (tertiary/aromatic N) is 3. The Bertz CT molecular complexity index is 922. The van der Waals surface area contributed by atoms with Gasteiger partial charge in [-0.05, 0) is 44.0 Å². The van der Waals surface area contributed by atoms with Crippen molar-refractivity contribution in [2.75, 3.05) is 11.9 Å². The topological polar surface area (TPSA) is 90.1 Å². The third-order valence-electron chi connectivity index (χ3n) is 3.87. The maximum atomic E-state index is 12.4. The van der Waals surface area contributed by atoms with Crippen molar-refractivity contribution < 1.29 is 14.1 Å². The molecule has 0 radical (unpaired) electrons. The van der Waals surface area contributed by atoms with E-state index in [9.17, 15) is 4.79 Å². The molecule has 0 aliphatic heterocycles. The van der Waals surface area contributed by atoms with Crippen molar-refractivity contribution in [3.8, 4) is 17.1 Å². The van der Waals surface area contributed by atoms with E-state index in [-0.39, 0.29) is 12.5 Å². The van der Waals surface area contributed by atoms with E-state index < -0.39 is 0 Å². The Labute approximate surface area is 157 Å². The zero-order valence-corrected chi connectivity index (χ0v) is 15.7. The van der Waals surface area contributed by atoms with Crippen molar-refractivity contribution >= 4 is 11.7 Å². The van der Waals surface area contributed by atoms with Crippen LogP contribution in [0.1, 0.15) is 30.5 Å². The average Bonchev–Trinajstić information content (AvgIpc) is 3.09. The number of aromatic nitrogens is 3. The Balaban J connectivity index is 1.80. The molecule has 0 fully saturated rings.